The maximum Gasteiger partial charge on any atom is 0.253 e. The van der Waals surface area contributed by atoms with Crippen LogP contribution in [-0.2, 0) is 9.53 Å². The van der Waals surface area contributed by atoms with Crippen LogP contribution in [0, 0.1) is 11.3 Å². The highest BCUT2D eigenvalue weighted by atomic mass is 16.5. The summed E-state index contributed by atoms with van der Waals surface area (Å²) >= 11 is 0. The predicted molar refractivity (Wildman–Crippen MR) is 138 cm³/mol. The van der Waals surface area contributed by atoms with Crippen LogP contribution in [0.15, 0.2) is 39.4 Å². The first-order valence-electron chi connectivity index (χ1n) is 12.3. The quantitative estimate of drug-likeness (QED) is 0.211. The number of hydrogen-bond donors (Lipinski definition) is 3. The van der Waals surface area contributed by atoms with E-state index >= 15 is 0 Å². The van der Waals surface area contributed by atoms with E-state index in [4.69, 9.17) is 15.9 Å². The van der Waals surface area contributed by atoms with Gasteiger partial charge in [-0.05, 0) is 37.3 Å². The standard InChI is InChI=1S/C25H37N7O2/c1-2-3-13-28-25(27)29-17-22(26)24(31-30-16-19-7-5-4-6-8-19)20-9-11-21(12-10-20)32-14-15-34-18-23(32)33/h9-12,17,19,26,30H,2-8,13-16,18H2,1H3,(H2,27,28)/b26-22?,29-17-,31-24-. The minimum Gasteiger partial charge on any atom is -0.370 e. The van der Waals surface area contributed by atoms with E-state index in [0.717, 1.165) is 30.6 Å². The van der Waals surface area contributed by atoms with E-state index in [1.807, 2.05) is 24.3 Å². The molecule has 2 aliphatic rings. The van der Waals surface area contributed by atoms with E-state index in [1.165, 1.54) is 38.3 Å². The molecule has 184 valence electrons. The van der Waals surface area contributed by atoms with Crippen molar-refractivity contribution in [3.8, 4) is 0 Å². The van der Waals surface area contributed by atoms with Crippen LogP contribution in [0.25, 0.3) is 0 Å². The van der Waals surface area contributed by atoms with Crippen molar-refractivity contribution in [3.05, 3.63) is 29.8 Å². The topological polar surface area (TPSA) is 129 Å². The van der Waals surface area contributed by atoms with E-state index in [2.05, 4.69) is 27.4 Å². The molecule has 4 N–H and O–H groups in total. The van der Waals surface area contributed by atoms with Crippen LogP contribution >= 0.6 is 0 Å². The van der Waals surface area contributed by atoms with Crippen LogP contribution in [0.4, 0.5) is 5.69 Å². The van der Waals surface area contributed by atoms with Crippen molar-refractivity contribution < 1.29 is 9.53 Å². The molecule has 34 heavy (non-hydrogen) atoms. The normalized spacial score (nSPS) is 18.5. The van der Waals surface area contributed by atoms with Crippen molar-refractivity contribution in [3.63, 3.8) is 0 Å². The van der Waals surface area contributed by atoms with E-state index < -0.39 is 0 Å². The molecule has 1 saturated heterocycles. The summed E-state index contributed by atoms with van der Waals surface area (Å²) in [5.74, 6) is 0.714. The molecule has 9 heteroatoms. The van der Waals surface area contributed by atoms with Gasteiger partial charge in [0.05, 0.1) is 12.8 Å². The number of nitrogens with one attached hydrogen (secondary N) is 2. The summed E-state index contributed by atoms with van der Waals surface area (Å²) in [6.45, 7) is 4.65. The number of carbonyl (C=O) groups excluding carboxylic acids is 1. The van der Waals surface area contributed by atoms with Gasteiger partial charge in [-0.3, -0.25) is 15.2 Å². The predicted octanol–water partition coefficient (Wildman–Crippen LogP) is 3.13. The van der Waals surface area contributed by atoms with Crippen LogP contribution in [0.5, 0.6) is 0 Å². The number of nitrogens with two attached hydrogens (primary N) is 1. The molecule has 1 aliphatic carbocycles. The lowest BCUT2D eigenvalue weighted by Crippen LogP contribution is -2.41. The first-order chi connectivity index (χ1) is 16.6. The number of ether oxygens (including phenoxy) is 1. The Morgan fingerprint density at radius 1 is 1.26 bits per heavy atom. The Bertz CT molecular complexity index is 902. The molecular weight excluding hydrogens is 430 g/mol. The fraction of sp³-hybridized carbons (Fsp3) is 0.560. The summed E-state index contributed by atoms with van der Waals surface area (Å²) in [5, 5.41) is 13.2. The molecule has 0 unspecified atom stereocenters. The zero-order chi connectivity index (χ0) is 24.2. The number of anilines is 1. The largest absolute Gasteiger partial charge is 0.370 e. The van der Waals surface area contributed by atoms with Gasteiger partial charge in [-0.1, -0.05) is 44.7 Å². The SMILES string of the molecule is CCCCN=C(N)/N=C\C(=N)/C(=N\NCC1CCCCC1)c1ccc(N2CCOCC2=O)cc1. The van der Waals surface area contributed by atoms with Crippen LogP contribution in [0.2, 0.25) is 0 Å². The van der Waals surface area contributed by atoms with E-state index in [9.17, 15) is 4.79 Å². The van der Waals surface area contributed by atoms with E-state index in [1.54, 1.807) is 4.90 Å². The highest BCUT2D eigenvalue weighted by molar-refractivity contribution is 6.65. The highest BCUT2D eigenvalue weighted by Gasteiger charge is 2.20. The number of amides is 1. The number of aliphatic imine (C=N–C) groups is 2. The number of guanidine groups is 1. The average molecular weight is 468 g/mol. The Labute approximate surface area is 202 Å². The van der Waals surface area contributed by atoms with Gasteiger partial charge >= 0.3 is 0 Å². The second kappa shape index (κ2) is 13.6. The van der Waals surface area contributed by atoms with E-state index in [0.29, 0.717) is 31.3 Å². The molecule has 0 bridgehead atoms. The molecule has 0 spiro atoms. The third-order valence-corrected chi connectivity index (χ3v) is 6.10. The van der Waals surface area contributed by atoms with Crippen LogP contribution in [0.1, 0.15) is 57.4 Å². The van der Waals surface area contributed by atoms with E-state index in [-0.39, 0.29) is 24.2 Å². The molecule has 0 atom stereocenters. The van der Waals surface area contributed by atoms with Crippen molar-refractivity contribution in [2.75, 3.05) is 37.7 Å². The molecule has 1 aromatic rings. The Hall–Kier alpha value is -3.07. The number of hydrogen-bond acceptors (Lipinski definition) is 6. The second-order valence-corrected chi connectivity index (χ2v) is 8.74. The molecular formula is C25H37N7O2. The fourth-order valence-electron chi connectivity index (χ4n) is 4.10. The molecule has 2 fully saturated rings. The molecule has 0 radical (unpaired) electrons. The molecule has 3 rings (SSSR count). The third kappa shape index (κ3) is 7.76. The number of benzene rings is 1. The number of carbonyl (C=O) groups is 1. The molecule has 1 amide bonds. The number of rotatable bonds is 10. The van der Waals surface area contributed by atoms with Crippen molar-refractivity contribution in [2.24, 2.45) is 26.7 Å². The monoisotopic (exact) mass is 467 g/mol. The molecule has 1 heterocycles. The lowest BCUT2D eigenvalue weighted by Gasteiger charge is -2.27. The number of nitrogens with zero attached hydrogens (tertiary/aromatic N) is 4. The van der Waals surface area contributed by atoms with Gasteiger partial charge in [0, 0.05) is 30.9 Å². The average Bonchev–Trinajstić information content (AvgIpc) is 2.86. The number of hydrazone groups is 1. The number of morpholine rings is 1. The van der Waals surface area contributed by atoms with Gasteiger partial charge in [-0.25, -0.2) is 4.99 Å². The van der Waals surface area contributed by atoms with Crippen molar-refractivity contribution in [1.82, 2.24) is 5.43 Å². The smallest absolute Gasteiger partial charge is 0.253 e. The Kier molecular flexibility index (Phi) is 10.2. The number of unbranched alkanes of at least 4 members (excludes halogenated alkanes) is 1. The van der Waals surface area contributed by atoms with Gasteiger partial charge in [-0.15, -0.1) is 0 Å². The van der Waals surface area contributed by atoms with Crippen LogP contribution < -0.4 is 16.1 Å². The van der Waals surface area contributed by atoms with Crippen molar-refractivity contribution >= 4 is 35.2 Å². The summed E-state index contributed by atoms with van der Waals surface area (Å²) in [4.78, 5) is 22.2. The third-order valence-electron chi connectivity index (χ3n) is 6.10. The van der Waals surface area contributed by atoms with Crippen LogP contribution in [0.3, 0.4) is 0 Å². The minimum absolute atomic E-state index is 0.0558. The van der Waals surface area contributed by atoms with Gasteiger partial charge < -0.3 is 20.8 Å². The van der Waals surface area contributed by atoms with Gasteiger partial charge in [0.25, 0.3) is 5.91 Å². The Morgan fingerprint density at radius 3 is 2.74 bits per heavy atom. The summed E-state index contributed by atoms with van der Waals surface area (Å²) in [6.07, 6.45) is 9.65. The van der Waals surface area contributed by atoms with Gasteiger partial charge in [0.2, 0.25) is 5.96 Å². The molecule has 1 saturated carbocycles. The van der Waals surface area contributed by atoms with Crippen molar-refractivity contribution in [1.29, 1.82) is 5.41 Å². The first kappa shape index (κ1) is 25.6. The van der Waals surface area contributed by atoms with Crippen molar-refractivity contribution in [2.45, 2.75) is 51.9 Å². The minimum atomic E-state index is -0.0558. The Morgan fingerprint density at radius 2 is 2.03 bits per heavy atom. The first-order valence-corrected chi connectivity index (χ1v) is 12.3. The zero-order valence-corrected chi connectivity index (χ0v) is 20.1. The molecule has 0 aromatic heterocycles. The zero-order valence-electron chi connectivity index (χ0n) is 20.1. The molecule has 1 aliphatic heterocycles. The van der Waals surface area contributed by atoms with Gasteiger partial charge in [-0.2, -0.15) is 5.10 Å². The van der Waals surface area contributed by atoms with Crippen LogP contribution in [-0.4, -0.2) is 62.4 Å². The molecule has 1 aromatic carbocycles. The fourth-order valence-corrected chi connectivity index (χ4v) is 4.10. The summed E-state index contributed by atoms with van der Waals surface area (Å²) in [7, 11) is 0. The summed E-state index contributed by atoms with van der Waals surface area (Å²) in [6, 6.07) is 7.50. The second-order valence-electron chi connectivity index (χ2n) is 8.74. The summed E-state index contributed by atoms with van der Waals surface area (Å²) < 4.78 is 5.22. The van der Waals surface area contributed by atoms with Gasteiger partial charge in [0.15, 0.2) is 0 Å². The molecule has 9 nitrogen and oxygen atoms in total. The highest BCUT2D eigenvalue weighted by Crippen LogP contribution is 2.23. The maximum absolute atomic E-state index is 12.1. The van der Waals surface area contributed by atoms with Gasteiger partial charge in [0.1, 0.15) is 18.0 Å². The Balaban J connectivity index is 1.74. The lowest BCUT2D eigenvalue weighted by molar-refractivity contribution is -0.125. The summed E-state index contributed by atoms with van der Waals surface area (Å²) in [5.41, 5.74) is 11.2. The lowest BCUT2D eigenvalue weighted by atomic mass is 9.89. The maximum atomic E-state index is 12.1.